The highest BCUT2D eigenvalue weighted by Gasteiger charge is 2.45. The molecule has 4 rings (SSSR count). The Bertz CT molecular complexity index is 1200. The fraction of sp³-hybridized carbons (Fsp3) is 0.192. The van der Waals surface area contributed by atoms with Crippen LogP contribution < -0.4 is 9.30 Å². The summed E-state index contributed by atoms with van der Waals surface area (Å²) < 4.78 is 21.0. The van der Waals surface area contributed by atoms with Crippen LogP contribution in [0, 0.1) is 5.82 Å². The highest BCUT2D eigenvalue weighted by molar-refractivity contribution is 6.46. The van der Waals surface area contributed by atoms with Crippen molar-refractivity contribution in [3.05, 3.63) is 102 Å². The van der Waals surface area contributed by atoms with Crippen LogP contribution in [0.3, 0.4) is 0 Å². The van der Waals surface area contributed by atoms with E-state index in [4.69, 9.17) is 4.74 Å². The highest BCUT2D eigenvalue weighted by atomic mass is 19.1. The summed E-state index contributed by atoms with van der Waals surface area (Å²) in [6.07, 6.45) is 7.66. The summed E-state index contributed by atoms with van der Waals surface area (Å²) in [7, 11) is 0. The van der Waals surface area contributed by atoms with Gasteiger partial charge in [0.15, 0.2) is 0 Å². The lowest BCUT2D eigenvalue weighted by atomic mass is 9.95. The van der Waals surface area contributed by atoms with Crippen LogP contribution in [0.5, 0.6) is 5.75 Å². The van der Waals surface area contributed by atoms with E-state index in [0.717, 1.165) is 0 Å². The number of aromatic amines is 1. The van der Waals surface area contributed by atoms with Crippen LogP contribution in [0.4, 0.5) is 4.39 Å². The lowest BCUT2D eigenvalue weighted by Crippen LogP contribution is -2.36. The molecular weight excluding hydrogens is 437 g/mol. The number of Topliss-reactive ketones (excluding diaryl/α,β-unsaturated/α-hetero) is 1. The molecule has 1 aliphatic rings. The molecule has 2 aromatic carbocycles. The average molecular weight is 463 g/mol. The maximum absolute atomic E-state index is 13.6. The number of aliphatic hydroxyl groups is 1. The maximum atomic E-state index is 13.6. The van der Waals surface area contributed by atoms with E-state index in [1.807, 2.05) is 10.8 Å². The van der Waals surface area contributed by atoms with Crippen molar-refractivity contribution < 1.29 is 28.4 Å². The standard InChI is InChI=1S/C26H24FN3O4/c1-2-16-34-21-10-6-19(7-11-21)24(31)22-23(18-4-8-20(27)9-5-18)30(26(33)25(22)32)14-3-13-29-15-12-28-17-29/h2,4-12,15,17,23H,1,3,13-14,16H2,(H,31,32)/p+1. The van der Waals surface area contributed by atoms with Gasteiger partial charge in [0.05, 0.1) is 18.2 Å². The van der Waals surface area contributed by atoms with Crippen LogP contribution in [0.15, 0.2) is 85.5 Å². The Kier molecular flexibility index (Phi) is 6.87. The number of carbonyl (C=O) groups excluding carboxylic acids is 2. The van der Waals surface area contributed by atoms with Crippen LogP contribution in [-0.4, -0.2) is 39.8 Å². The number of benzene rings is 2. The van der Waals surface area contributed by atoms with Gasteiger partial charge < -0.3 is 14.7 Å². The van der Waals surface area contributed by atoms with Crippen molar-refractivity contribution in [2.75, 3.05) is 13.2 Å². The van der Waals surface area contributed by atoms with Crippen LogP contribution in [-0.2, 0) is 16.1 Å². The molecule has 1 unspecified atom stereocenters. The first-order valence-electron chi connectivity index (χ1n) is 10.9. The number of nitrogens with zero attached hydrogens (tertiary/aromatic N) is 2. The number of H-pyrrole nitrogens is 1. The molecule has 0 aliphatic carbocycles. The van der Waals surface area contributed by atoms with Crippen LogP contribution >= 0.6 is 0 Å². The number of halogens is 1. The molecule has 174 valence electrons. The second kappa shape index (κ2) is 10.2. The van der Waals surface area contributed by atoms with E-state index in [0.29, 0.717) is 36.4 Å². The van der Waals surface area contributed by atoms with Crippen molar-refractivity contribution in [1.82, 2.24) is 9.88 Å². The molecule has 3 aromatic rings. The Balaban J connectivity index is 1.68. The van der Waals surface area contributed by atoms with Crippen LogP contribution in [0.25, 0.3) is 5.76 Å². The van der Waals surface area contributed by atoms with Gasteiger partial charge in [0.2, 0.25) is 6.33 Å². The Hall–Kier alpha value is -4.20. The van der Waals surface area contributed by atoms with Gasteiger partial charge in [-0.25, -0.2) is 8.96 Å². The number of imidazole rings is 1. The quantitative estimate of drug-likeness (QED) is 0.168. The molecule has 8 heteroatoms. The summed E-state index contributed by atoms with van der Waals surface area (Å²) in [5.74, 6) is -1.60. The molecule has 1 saturated heterocycles. The number of hydrogen-bond donors (Lipinski definition) is 2. The number of aryl methyl sites for hydroxylation is 1. The minimum atomic E-state index is -0.825. The zero-order valence-electron chi connectivity index (χ0n) is 18.5. The Morgan fingerprint density at radius 2 is 1.91 bits per heavy atom. The van der Waals surface area contributed by atoms with Crippen molar-refractivity contribution in [3.8, 4) is 5.75 Å². The van der Waals surface area contributed by atoms with Gasteiger partial charge in [0, 0.05) is 18.5 Å². The molecule has 0 bridgehead atoms. The zero-order chi connectivity index (χ0) is 24.1. The molecule has 1 fully saturated rings. The van der Waals surface area contributed by atoms with E-state index < -0.39 is 23.5 Å². The van der Waals surface area contributed by atoms with Crippen molar-refractivity contribution >= 4 is 17.4 Å². The Morgan fingerprint density at radius 3 is 2.56 bits per heavy atom. The van der Waals surface area contributed by atoms with Gasteiger partial charge in [0.25, 0.3) is 11.7 Å². The SMILES string of the molecule is C=CCOc1ccc(C(O)=C2C(=O)C(=O)N(CCC[n+]3cc[nH]c3)C2c2ccc(F)cc2)cc1. The summed E-state index contributed by atoms with van der Waals surface area (Å²) in [6, 6.07) is 11.3. The van der Waals surface area contributed by atoms with E-state index in [-0.39, 0.29) is 17.9 Å². The summed E-state index contributed by atoms with van der Waals surface area (Å²) in [5.41, 5.74) is 0.895. The Labute approximate surface area is 196 Å². The van der Waals surface area contributed by atoms with Gasteiger partial charge >= 0.3 is 0 Å². The van der Waals surface area contributed by atoms with Gasteiger partial charge in [0.1, 0.15) is 36.3 Å². The topological polar surface area (TPSA) is 86.5 Å². The molecule has 0 saturated carbocycles. The smallest absolute Gasteiger partial charge is 0.295 e. The van der Waals surface area contributed by atoms with Crippen molar-refractivity contribution in [2.24, 2.45) is 0 Å². The minimum Gasteiger partial charge on any atom is -0.507 e. The van der Waals surface area contributed by atoms with Gasteiger partial charge in [-0.3, -0.25) is 14.6 Å². The summed E-state index contributed by atoms with van der Waals surface area (Å²) in [6.45, 7) is 4.86. The van der Waals surface area contributed by atoms with Crippen molar-refractivity contribution in [2.45, 2.75) is 19.0 Å². The Morgan fingerprint density at radius 1 is 1.18 bits per heavy atom. The third-order valence-corrected chi connectivity index (χ3v) is 5.64. The largest absolute Gasteiger partial charge is 0.507 e. The number of aliphatic hydroxyl groups excluding tert-OH is 1. The number of ketones is 1. The third kappa shape index (κ3) is 4.76. The summed E-state index contributed by atoms with van der Waals surface area (Å²) >= 11 is 0. The van der Waals surface area contributed by atoms with E-state index in [9.17, 15) is 19.1 Å². The molecule has 2 heterocycles. The number of ether oxygens (including phenoxy) is 1. The van der Waals surface area contributed by atoms with Gasteiger partial charge in [-0.1, -0.05) is 24.8 Å². The van der Waals surface area contributed by atoms with Gasteiger partial charge in [-0.05, 0) is 42.0 Å². The predicted octanol–water partition coefficient (Wildman–Crippen LogP) is 3.52. The first-order chi connectivity index (χ1) is 16.5. The number of nitrogens with one attached hydrogen (secondary N) is 1. The molecule has 7 nitrogen and oxygen atoms in total. The summed E-state index contributed by atoms with van der Waals surface area (Å²) in [5, 5.41) is 11.1. The number of carbonyl (C=O) groups is 2. The lowest BCUT2D eigenvalue weighted by molar-refractivity contribution is -0.695. The molecule has 0 spiro atoms. The van der Waals surface area contributed by atoms with Crippen LogP contribution in [0.2, 0.25) is 0 Å². The van der Waals surface area contributed by atoms with E-state index in [2.05, 4.69) is 11.6 Å². The normalized spacial score (nSPS) is 17.2. The van der Waals surface area contributed by atoms with Gasteiger partial charge in [-0.15, -0.1) is 0 Å². The summed E-state index contributed by atoms with van der Waals surface area (Å²) in [4.78, 5) is 30.4. The van der Waals surface area contributed by atoms with E-state index in [1.54, 1.807) is 42.9 Å². The second-order valence-corrected chi connectivity index (χ2v) is 7.87. The number of amides is 1. The molecule has 2 N–H and O–H groups in total. The molecule has 1 atom stereocenters. The first kappa shape index (κ1) is 23.0. The number of aromatic nitrogens is 2. The zero-order valence-corrected chi connectivity index (χ0v) is 18.5. The van der Waals surface area contributed by atoms with E-state index in [1.165, 1.54) is 29.2 Å². The van der Waals surface area contributed by atoms with Crippen molar-refractivity contribution in [3.63, 3.8) is 0 Å². The number of hydrogen-bond acceptors (Lipinski definition) is 4. The minimum absolute atomic E-state index is 0.0225. The third-order valence-electron chi connectivity index (χ3n) is 5.64. The highest BCUT2D eigenvalue weighted by Crippen LogP contribution is 2.39. The average Bonchev–Trinajstić information content (AvgIpc) is 3.45. The fourth-order valence-corrected chi connectivity index (χ4v) is 4.01. The van der Waals surface area contributed by atoms with E-state index >= 15 is 0 Å². The monoisotopic (exact) mass is 462 g/mol. The lowest BCUT2D eigenvalue weighted by Gasteiger charge is -2.25. The van der Waals surface area contributed by atoms with Gasteiger partial charge in [-0.2, -0.15) is 0 Å². The molecule has 1 aliphatic heterocycles. The molecule has 0 radical (unpaired) electrons. The predicted molar refractivity (Wildman–Crippen MR) is 123 cm³/mol. The molecule has 34 heavy (non-hydrogen) atoms. The fourth-order valence-electron chi connectivity index (χ4n) is 4.01. The maximum Gasteiger partial charge on any atom is 0.295 e. The first-order valence-corrected chi connectivity index (χ1v) is 10.9. The number of likely N-dealkylation sites (tertiary alicyclic amines) is 1. The van der Waals surface area contributed by atoms with Crippen LogP contribution in [0.1, 0.15) is 23.6 Å². The molecular formula is C26H25FN3O4+. The molecule has 1 amide bonds. The number of rotatable bonds is 9. The second-order valence-electron chi connectivity index (χ2n) is 7.87. The van der Waals surface area contributed by atoms with Crippen molar-refractivity contribution in [1.29, 1.82) is 0 Å². The molecule has 1 aromatic heterocycles.